The summed E-state index contributed by atoms with van der Waals surface area (Å²) >= 11 is 0. The quantitative estimate of drug-likeness (QED) is 0.560. The standard InChI is InChI=1S/C21H30O5/c1-20-13-11-17-9-6-10-18(21(17,26-25-20)19(22-2)24-20)12-14-23-15-16-7-4-3-5-8-16/h3-5,7-8,17-19H,6,9-15H2,1-2H3/t17-,18+,19+,20+,21-/m1/s1. The molecule has 5 atom stereocenters. The Hall–Kier alpha value is -0.980. The van der Waals surface area contributed by atoms with Gasteiger partial charge in [-0.15, -0.1) is 0 Å². The van der Waals surface area contributed by atoms with Crippen LogP contribution in [0, 0.1) is 11.8 Å². The molecule has 0 amide bonds. The van der Waals surface area contributed by atoms with E-state index in [2.05, 4.69) is 12.1 Å². The highest BCUT2D eigenvalue weighted by molar-refractivity contribution is 5.13. The Morgan fingerprint density at radius 3 is 2.77 bits per heavy atom. The minimum atomic E-state index is -0.697. The SMILES string of the molecule is CO[C@H]1O[C@]2(C)CC[C@H]3CCC[C@@H](CCOCc4ccccc4)[C@]31OO2. The summed E-state index contributed by atoms with van der Waals surface area (Å²) in [4.78, 5) is 11.9. The summed E-state index contributed by atoms with van der Waals surface area (Å²) in [5.41, 5.74) is 0.687. The summed E-state index contributed by atoms with van der Waals surface area (Å²) in [6, 6.07) is 10.3. The molecule has 1 aromatic rings. The van der Waals surface area contributed by atoms with Crippen molar-refractivity contribution in [2.45, 2.75) is 69.7 Å². The molecule has 0 N–H and O–H groups in total. The molecule has 1 aliphatic carbocycles. The molecule has 0 aromatic heterocycles. The Kier molecular flexibility index (Phi) is 5.35. The monoisotopic (exact) mass is 362 g/mol. The van der Waals surface area contributed by atoms with E-state index in [0.29, 0.717) is 25.0 Å². The number of fused-ring (bicyclic) bond motifs is 3. The zero-order valence-electron chi connectivity index (χ0n) is 15.8. The highest BCUT2D eigenvalue weighted by Crippen LogP contribution is 2.55. The molecule has 1 aromatic carbocycles. The maximum Gasteiger partial charge on any atom is 0.201 e. The van der Waals surface area contributed by atoms with E-state index in [0.717, 1.165) is 32.1 Å². The topological polar surface area (TPSA) is 46.2 Å². The third-order valence-electron chi connectivity index (χ3n) is 6.35. The second-order valence-electron chi connectivity index (χ2n) is 8.03. The molecule has 144 valence electrons. The van der Waals surface area contributed by atoms with Gasteiger partial charge < -0.3 is 14.2 Å². The van der Waals surface area contributed by atoms with Crippen LogP contribution >= 0.6 is 0 Å². The van der Waals surface area contributed by atoms with Crippen molar-refractivity contribution >= 4 is 0 Å². The van der Waals surface area contributed by atoms with Crippen molar-refractivity contribution in [2.24, 2.45) is 11.8 Å². The summed E-state index contributed by atoms with van der Waals surface area (Å²) in [5, 5.41) is 0. The molecule has 2 bridgehead atoms. The van der Waals surface area contributed by atoms with Crippen LogP contribution in [0.1, 0.15) is 51.0 Å². The summed E-state index contributed by atoms with van der Waals surface area (Å²) in [7, 11) is 1.71. The van der Waals surface area contributed by atoms with Crippen LogP contribution < -0.4 is 0 Å². The van der Waals surface area contributed by atoms with Gasteiger partial charge in [0, 0.05) is 20.1 Å². The van der Waals surface area contributed by atoms with Gasteiger partial charge in [0.2, 0.25) is 5.79 Å². The average Bonchev–Trinajstić information content (AvgIpc) is 2.90. The van der Waals surface area contributed by atoms with Gasteiger partial charge in [-0.3, -0.25) is 0 Å². The molecular formula is C21H30O5. The predicted molar refractivity (Wildman–Crippen MR) is 96.0 cm³/mol. The van der Waals surface area contributed by atoms with E-state index in [1.165, 1.54) is 12.0 Å². The fourth-order valence-corrected chi connectivity index (χ4v) is 4.95. The lowest BCUT2D eigenvalue weighted by atomic mass is 9.65. The van der Waals surface area contributed by atoms with Gasteiger partial charge in [-0.2, -0.15) is 0 Å². The van der Waals surface area contributed by atoms with Crippen molar-refractivity contribution in [2.75, 3.05) is 13.7 Å². The maximum atomic E-state index is 6.20. The molecule has 3 saturated heterocycles. The van der Waals surface area contributed by atoms with Crippen LogP contribution in [0.25, 0.3) is 0 Å². The Morgan fingerprint density at radius 2 is 1.96 bits per heavy atom. The zero-order valence-corrected chi connectivity index (χ0v) is 15.8. The van der Waals surface area contributed by atoms with E-state index in [1.807, 2.05) is 25.1 Å². The Morgan fingerprint density at radius 1 is 1.12 bits per heavy atom. The van der Waals surface area contributed by atoms with Gasteiger partial charge in [0.25, 0.3) is 0 Å². The fourth-order valence-electron chi connectivity index (χ4n) is 4.95. The number of benzene rings is 1. The van der Waals surface area contributed by atoms with Crippen LogP contribution in [-0.4, -0.2) is 31.4 Å². The van der Waals surface area contributed by atoms with Crippen LogP contribution in [0.4, 0.5) is 0 Å². The van der Waals surface area contributed by atoms with Gasteiger partial charge in [-0.25, -0.2) is 9.78 Å². The van der Waals surface area contributed by atoms with Gasteiger partial charge in [-0.05, 0) is 50.0 Å². The number of hydrogen-bond acceptors (Lipinski definition) is 5. The molecule has 0 unspecified atom stereocenters. The van der Waals surface area contributed by atoms with Crippen molar-refractivity contribution in [3.05, 3.63) is 35.9 Å². The molecule has 26 heavy (non-hydrogen) atoms. The number of methoxy groups -OCH3 is 1. The maximum absolute atomic E-state index is 6.20. The molecule has 3 aliphatic heterocycles. The first-order valence-corrected chi connectivity index (χ1v) is 9.85. The number of hydrogen-bond donors (Lipinski definition) is 0. The zero-order chi connectivity index (χ0) is 18.0. The van der Waals surface area contributed by atoms with Crippen LogP contribution in [0.3, 0.4) is 0 Å². The predicted octanol–water partition coefficient (Wildman–Crippen LogP) is 4.21. The van der Waals surface area contributed by atoms with Gasteiger partial charge >= 0.3 is 0 Å². The van der Waals surface area contributed by atoms with Crippen molar-refractivity contribution in [1.29, 1.82) is 0 Å². The molecule has 4 fully saturated rings. The van der Waals surface area contributed by atoms with Crippen molar-refractivity contribution < 1.29 is 24.0 Å². The van der Waals surface area contributed by atoms with Crippen molar-refractivity contribution in [1.82, 2.24) is 0 Å². The summed E-state index contributed by atoms with van der Waals surface area (Å²) in [6.07, 6.45) is 5.89. The molecule has 1 saturated carbocycles. The lowest BCUT2D eigenvalue weighted by Crippen LogP contribution is -2.63. The van der Waals surface area contributed by atoms with E-state index in [1.54, 1.807) is 7.11 Å². The molecule has 3 heterocycles. The Bertz CT molecular complexity index is 593. The van der Waals surface area contributed by atoms with E-state index < -0.39 is 11.4 Å². The molecule has 5 heteroatoms. The summed E-state index contributed by atoms with van der Waals surface area (Å²) in [5.74, 6) is 0.0201. The normalized spacial score (nSPS) is 39.4. The Balaban J connectivity index is 1.43. The van der Waals surface area contributed by atoms with Gasteiger partial charge in [0.15, 0.2) is 11.9 Å². The van der Waals surface area contributed by atoms with Gasteiger partial charge in [-0.1, -0.05) is 36.8 Å². The fraction of sp³-hybridized carbons (Fsp3) is 0.714. The van der Waals surface area contributed by atoms with Crippen molar-refractivity contribution in [3.63, 3.8) is 0 Å². The highest BCUT2D eigenvalue weighted by atomic mass is 17.3. The first-order chi connectivity index (χ1) is 12.7. The smallest absolute Gasteiger partial charge is 0.201 e. The third-order valence-corrected chi connectivity index (χ3v) is 6.35. The average molecular weight is 362 g/mol. The summed E-state index contributed by atoms with van der Waals surface area (Å²) < 4.78 is 17.9. The molecule has 0 radical (unpaired) electrons. The van der Waals surface area contributed by atoms with E-state index in [4.69, 9.17) is 24.0 Å². The summed E-state index contributed by atoms with van der Waals surface area (Å²) in [6.45, 7) is 3.29. The molecule has 1 spiro atoms. The van der Waals surface area contributed by atoms with Crippen LogP contribution in [0.15, 0.2) is 30.3 Å². The van der Waals surface area contributed by atoms with E-state index in [-0.39, 0.29) is 6.29 Å². The van der Waals surface area contributed by atoms with Crippen LogP contribution in [0.5, 0.6) is 0 Å². The number of rotatable bonds is 6. The Labute approximate surface area is 155 Å². The highest BCUT2D eigenvalue weighted by Gasteiger charge is 2.63. The molecular weight excluding hydrogens is 332 g/mol. The minimum Gasteiger partial charge on any atom is -0.377 e. The van der Waals surface area contributed by atoms with E-state index in [9.17, 15) is 0 Å². The van der Waals surface area contributed by atoms with Gasteiger partial charge in [0.1, 0.15) is 0 Å². The minimum absolute atomic E-state index is 0.310. The molecule has 5 rings (SSSR count). The lowest BCUT2D eigenvalue weighted by Gasteiger charge is -2.53. The van der Waals surface area contributed by atoms with Gasteiger partial charge in [0.05, 0.1) is 6.61 Å². The second kappa shape index (κ2) is 7.56. The van der Waals surface area contributed by atoms with E-state index >= 15 is 0 Å². The third kappa shape index (κ3) is 3.32. The largest absolute Gasteiger partial charge is 0.377 e. The first kappa shape index (κ1) is 18.4. The molecule has 5 nitrogen and oxygen atoms in total. The lowest BCUT2D eigenvalue weighted by molar-refractivity contribution is -0.554. The van der Waals surface area contributed by atoms with Crippen LogP contribution in [-0.2, 0) is 30.6 Å². The first-order valence-electron chi connectivity index (χ1n) is 9.85. The number of ether oxygens (including phenoxy) is 3. The molecule has 4 aliphatic rings. The second-order valence-corrected chi connectivity index (χ2v) is 8.03. The van der Waals surface area contributed by atoms with Crippen LogP contribution in [0.2, 0.25) is 0 Å². The van der Waals surface area contributed by atoms with Crippen molar-refractivity contribution in [3.8, 4) is 0 Å².